The van der Waals surface area contributed by atoms with Crippen molar-refractivity contribution in [3.05, 3.63) is 72.2 Å². The Morgan fingerprint density at radius 1 is 1.19 bits per heavy atom. The second kappa shape index (κ2) is 7.00. The van der Waals surface area contributed by atoms with Crippen LogP contribution < -0.4 is 5.32 Å². The predicted octanol–water partition coefficient (Wildman–Crippen LogP) is 2.26. The van der Waals surface area contributed by atoms with E-state index in [1.54, 1.807) is 24.5 Å². The van der Waals surface area contributed by atoms with Gasteiger partial charge < -0.3 is 14.6 Å². The zero-order chi connectivity index (χ0) is 17.9. The molecular formula is C20H20N4O2. The van der Waals surface area contributed by atoms with Crippen LogP contribution in [-0.2, 0) is 11.3 Å². The molecule has 6 nitrogen and oxygen atoms in total. The van der Waals surface area contributed by atoms with Crippen LogP contribution >= 0.6 is 0 Å². The lowest BCUT2D eigenvalue weighted by atomic mass is 10.0. The topological polar surface area (TPSA) is 66.7 Å². The van der Waals surface area contributed by atoms with Crippen LogP contribution in [0.5, 0.6) is 0 Å². The molecule has 4 rings (SSSR count). The Labute approximate surface area is 151 Å². The molecule has 0 radical (unpaired) electrons. The molecule has 1 N–H and O–H groups in total. The molecule has 1 aliphatic rings. The van der Waals surface area contributed by atoms with E-state index >= 15 is 0 Å². The highest BCUT2D eigenvalue weighted by Crippen LogP contribution is 2.16. The largest absolute Gasteiger partial charge is 0.340 e. The van der Waals surface area contributed by atoms with Gasteiger partial charge in [-0.3, -0.25) is 9.59 Å². The van der Waals surface area contributed by atoms with Crippen molar-refractivity contribution in [2.24, 2.45) is 0 Å². The minimum absolute atomic E-state index is 0.0182. The number of carbonyl (C=O) groups is 2. The standard InChI is InChI=1S/C20H20N4O2/c25-19(16-8-11-23-12-9-21-18(23)13-16)22-17-7-4-10-24(20(17)26)14-15-5-2-1-3-6-15/h1-3,5-6,8-9,11-13,17H,4,7,10,14H2,(H,22,25)/t17-/m0/s1. The first kappa shape index (κ1) is 16.3. The highest BCUT2D eigenvalue weighted by Gasteiger charge is 2.30. The summed E-state index contributed by atoms with van der Waals surface area (Å²) in [6.07, 6.45) is 6.85. The molecule has 1 fully saturated rings. The Morgan fingerprint density at radius 2 is 2.04 bits per heavy atom. The molecule has 0 aliphatic carbocycles. The van der Waals surface area contributed by atoms with Gasteiger partial charge in [0, 0.05) is 37.2 Å². The second-order valence-electron chi connectivity index (χ2n) is 6.52. The first-order valence-electron chi connectivity index (χ1n) is 8.77. The number of nitrogens with zero attached hydrogens (tertiary/aromatic N) is 3. The number of piperidine rings is 1. The summed E-state index contributed by atoms with van der Waals surface area (Å²) in [6, 6.07) is 12.9. The molecule has 0 saturated carbocycles. The zero-order valence-electron chi connectivity index (χ0n) is 14.3. The van der Waals surface area contributed by atoms with E-state index in [4.69, 9.17) is 0 Å². The summed E-state index contributed by atoms with van der Waals surface area (Å²) in [7, 11) is 0. The van der Waals surface area contributed by atoms with Crippen molar-refractivity contribution in [3.63, 3.8) is 0 Å². The molecule has 132 valence electrons. The molecule has 6 heteroatoms. The highest BCUT2D eigenvalue weighted by molar-refractivity contribution is 5.98. The number of pyridine rings is 1. The fourth-order valence-corrected chi connectivity index (χ4v) is 3.33. The van der Waals surface area contributed by atoms with Gasteiger partial charge in [-0.2, -0.15) is 0 Å². The van der Waals surface area contributed by atoms with Crippen LogP contribution in [0.3, 0.4) is 0 Å². The number of rotatable bonds is 4. The van der Waals surface area contributed by atoms with Crippen LogP contribution in [0.2, 0.25) is 0 Å². The molecule has 0 bridgehead atoms. The maximum atomic E-state index is 12.8. The van der Waals surface area contributed by atoms with E-state index in [9.17, 15) is 9.59 Å². The van der Waals surface area contributed by atoms with Crippen LogP contribution in [0.15, 0.2) is 61.1 Å². The summed E-state index contributed by atoms with van der Waals surface area (Å²) in [5.74, 6) is -0.259. The van der Waals surface area contributed by atoms with Crippen molar-refractivity contribution in [1.82, 2.24) is 19.6 Å². The predicted molar refractivity (Wildman–Crippen MR) is 97.5 cm³/mol. The van der Waals surface area contributed by atoms with Crippen molar-refractivity contribution in [3.8, 4) is 0 Å². The summed E-state index contributed by atoms with van der Waals surface area (Å²) < 4.78 is 1.84. The van der Waals surface area contributed by atoms with Crippen LogP contribution in [0, 0.1) is 0 Å². The molecule has 0 spiro atoms. The van der Waals surface area contributed by atoms with Gasteiger partial charge >= 0.3 is 0 Å². The Balaban J connectivity index is 1.44. The van der Waals surface area contributed by atoms with E-state index in [1.807, 2.05) is 45.8 Å². The van der Waals surface area contributed by atoms with E-state index < -0.39 is 6.04 Å². The van der Waals surface area contributed by atoms with Crippen LogP contribution in [0.25, 0.3) is 5.65 Å². The number of imidazole rings is 1. The maximum absolute atomic E-state index is 12.8. The minimum Gasteiger partial charge on any atom is -0.340 e. The lowest BCUT2D eigenvalue weighted by Crippen LogP contribution is -2.51. The van der Waals surface area contributed by atoms with Gasteiger partial charge in [0.1, 0.15) is 11.7 Å². The van der Waals surface area contributed by atoms with Gasteiger partial charge in [-0.1, -0.05) is 30.3 Å². The smallest absolute Gasteiger partial charge is 0.252 e. The zero-order valence-corrected chi connectivity index (χ0v) is 14.3. The van der Waals surface area contributed by atoms with Crippen LogP contribution in [0.1, 0.15) is 28.8 Å². The molecule has 1 aliphatic heterocycles. The highest BCUT2D eigenvalue weighted by atomic mass is 16.2. The van der Waals surface area contributed by atoms with E-state index in [0.29, 0.717) is 24.2 Å². The van der Waals surface area contributed by atoms with Gasteiger partial charge in [0.25, 0.3) is 5.91 Å². The number of nitrogens with one attached hydrogen (secondary N) is 1. The third kappa shape index (κ3) is 3.31. The van der Waals surface area contributed by atoms with Gasteiger partial charge in [0.15, 0.2) is 0 Å². The number of likely N-dealkylation sites (tertiary alicyclic amines) is 1. The molecule has 2 amide bonds. The lowest BCUT2D eigenvalue weighted by Gasteiger charge is -2.32. The average molecular weight is 348 g/mol. The van der Waals surface area contributed by atoms with Crippen LogP contribution in [0.4, 0.5) is 0 Å². The summed E-state index contributed by atoms with van der Waals surface area (Å²) in [4.78, 5) is 31.3. The van der Waals surface area contributed by atoms with Crippen molar-refractivity contribution in [2.75, 3.05) is 6.54 Å². The fraction of sp³-hybridized carbons (Fsp3) is 0.250. The molecule has 1 atom stereocenters. The van der Waals surface area contributed by atoms with Gasteiger partial charge in [0.05, 0.1) is 0 Å². The molecular weight excluding hydrogens is 328 g/mol. The number of amides is 2. The monoisotopic (exact) mass is 348 g/mol. The number of hydrogen-bond acceptors (Lipinski definition) is 3. The van der Waals surface area contributed by atoms with Gasteiger partial charge in [-0.15, -0.1) is 0 Å². The molecule has 3 aromatic rings. The fourth-order valence-electron chi connectivity index (χ4n) is 3.33. The molecule has 1 aromatic carbocycles. The van der Waals surface area contributed by atoms with Crippen molar-refractivity contribution in [2.45, 2.75) is 25.4 Å². The second-order valence-corrected chi connectivity index (χ2v) is 6.52. The van der Waals surface area contributed by atoms with E-state index in [2.05, 4.69) is 10.3 Å². The molecule has 3 heterocycles. The quantitative estimate of drug-likeness (QED) is 0.786. The van der Waals surface area contributed by atoms with Gasteiger partial charge in [0.2, 0.25) is 5.91 Å². The summed E-state index contributed by atoms with van der Waals surface area (Å²) in [6.45, 7) is 1.30. The average Bonchev–Trinajstić information content (AvgIpc) is 3.13. The van der Waals surface area contributed by atoms with E-state index in [1.165, 1.54) is 0 Å². The third-order valence-corrected chi connectivity index (χ3v) is 4.71. The van der Waals surface area contributed by atoms with E-state index in [-0.39, 0.29) is 11.8 Å². The van der Waals surface area contributed by atoms with Gasteiger partial charge in [-0.05, 0) is 30.5 Å². The lowest BCUT2D eigenvalue weighted by molar-refractivity contribution is -0.136. The molecule has 0 unspecified atom stereocenters. The van der Waals surface area contributed by atoms with Gasteiger partial charge in [-0.25, -0.2) is 4.98 Å². The number of aromatic nitrogens is 2. The van der Waals surface area contributed by atoms with E-state index in [0.717, 1.165) is 18.5 Å². The molecule has 26 heavy (non-hydrogen) atoms. The Kier molecular flexibility index (Phi) is 4.39. The molecule has 2 aromatic heterocycles. The summed E-state index contributed by atoms with van der Waals surface area (Å²) >= 11 is 0. The number of fused-ring (bicyclic) bond motifs is 1. The first-order chi connectivity index (χ1) is 12.7. The molecule has 1 saturated heterocycles. The first-order valence-corrected chi connectivity index (χ1v) is 8.77. The normalized spacial score (nSPS) is 17.5. The van der Waals surface area contributed by atoms with Crippen LogP contribution in [-0.4, -0.2) is 38.7 Å². The van der Waals surface area contributed by atoms with Crippen molar-refractivity contribution < 1.29 is 9.59 Å². The maximum Gasteiger partial charge on any atom is 0.252 e. The Morgan fingerprint density at radius 3 is 2.88 bits per heavy atom. The SMILES string of the molecule is O=C(N[C@H]1CCCN(Cc2ccccc2)C1=O)c1ccn2ccnc2c1. The Bertz CT molecular complexity index is 935. The van der Waals surface area contributed by atoms with Crippen molar-refractivity contribution in [1.29, 1.82) is 0 Å². The number of benzene rings is 1. The number of carbonyl (C=O) groups excluding carboxylic acids is 2. The minimum atomic E-state index is -0.476. The summed E-state index contributed by atoms with van der Waals surface area (Å²) in [5, 5.41) is 2.89. The third-order valence-electron chi connectivity index (χ3n) is 4.71. The Hall–Kier alpha value is -3.15. The van der Waals surface area contributed by atoms with Crippen molar-refractivity contribution >= 4 is 17.5 Å². The number of hydrogen-bond donors (Lipinski definition) is 1. The summed E-state index contributed by atoms with van der Waals surface area (Å²) in [5.41, 5.74) is 2.31.